The molecule has 1 aromatic carbocycles. The molecule has 18 heavy (non-hydrogen) atoms. The topological polar surface area (TPSA) is 20.2 Å². The van der Waals surface area contributed by atoms with E-state index in [0.717, 1.165) is 30.5 Å². The van der Waals surface area contributed by atoms with Crippen molar-refractivity contribution < 1.29 is 18.3 Å². The Kier molecular flexibility index (Phi) is 3.41. The van der Waals surface area contributed by atoms with Crippen LogP contribution in [0.3, 0.4) is 0 Å². The smallest absolute Gasteiger partial charge is 0.396 e. The third-order valence-electron chi connectivity index (χ3n) is 3.81. The quantitative estimate of drug-likeness (QED) is 0.873. The van der Waals surface area contributed by atoms with Crippen molar-refractivity contribution in [2.45, 2.75) is 32.4 Å². The molecule has 0 amide bonds. The Morgan fingerprint density at radius 2 is 1.72 bits per heavy atom. The van der Waals surface area contributed by atoms with Gasteiger partial charge in [0.05, 0.1) is 5.56 Å². The first-order valence-corrected chi connectivity index (χ1v) is 6.12. The third kappa shape index (κ3) is 2.86. The monoisotopic (exact) mass is 258 g/mol. The molecule has 1 unspecified atom stereocenters. The maximum atomic E-state index is 12.4. The van der Waals surface area contributed by atoms with Crippen LogP contribution in [0, 0.1) is 11.3 Å². The van der Waals surface area contributed by atoms with Gasteiger partial charge in [0.25, 0.3) is 0 Å². The van der Waals surface area contributed by atoms with Crippen LogP contribution in [0.2, 0.25) is 0 Å². The summed E-state index contributed by atoms with van der Waals surface area (Å²) in [6, 6.07) is 5.25. The van der Waals surface area contributed by atoms with Gasteiger partial charge in [-0.05, 0) is 48.3 Å². The van der Waals surface area contributed by atoms with E-state index >= 15 is 0 Å². The normalized spacial score (nSPS) is 19.6. The van der Waals surface area contributed by atoms with E-state index in [9.17, 15) is 18.3 Å². The fourth-order valence-corrected chi connectivity index (χ4v) is 2.39. The van der Waals surface area contributed by atoms with E-state index in [2.05, 4.69) is 0 Å². The maximum absolute atomic E-state index is 12.4. The highest BCUT2D eigenvalue weighted by atomic mass is 19.4. The molecule has 1 aliphatic carbocycles. The Hall–Kier alpha value is -1.03. The van der Waals surface area contributed by atoms with Crippen molar-refractivity contribution in [1.29, 1.82) is 0 Å². The number of hydrogen-bond acceptors (Lipinski definition) is 1. The van der Waals surface area contributed by atoms with Crippen LogP contribution in [0.25, 0.3) is 0 Å². The van der Waals surface area contributed by atoms with Gasteiger partial charge in [-0.3, -0.25) is 0 Å². The summed E-state index contributed by atoms with van der Waals surface area (Å²) in [6.45, 7) is 2.08. The number of rotatable bonds is 4. The first-order chi connectivity index (χ1) is 8.35. The van der Waals surface area contributed by atoms with Gasteiger partial charge >= 0.3 is 6.18 Å². The molecule has 0 bridgehead atoms. The van der Waals surface area contributed by atoms with Crippen LogP contribution < -0.4 is 0 Å². The summed E-state index contributed by atoms with van der Waals surface area (Å²) in [5, 5.41) is 9.46. The molecule has 0 saturated heterocycles. The minimum absolute atomic E-state index is 0.0820. The van der Waals surface area contributed by atoms with E-state index in [1.165, 1.54) is 12.1 Å². The van der Waals surface area contributed by atoms with Gasteiger partial charge < -0.3 is 5.11 Å². The zero-order chi connectivity index (χ0) is 13.4. The summed E-state index contributed by atoms with van der Waals surface area (Å²) in [5.41, 5.74) is 0.0366. The lowest BCUT2D eigenvalue weighted by Crippen LogP contribution is -2.26. The predicted octanol–water partition coefficient (Wildman–Crippen LogP) is 3.66. The average Bonchev–Trinajstić information content (AvgIpc) is 3.12. The van der Waals surface area contributed by atoms with Crippen LogP contribution in [0.1, 0.15) is 30.9 Å². The summed E-state index contributed by atoms with van der Waals surface area (Å²) in [7, 11) is 0. The molecule has 0 radical (unpaired) electrons. The average molecular weight is 258 g/mol. The molecule has 0 spiro atoms. The molecular formula is C14H17F3O. The van der Waals surface area contributed by atoms with Crippen LogP contribution in [0.15, 0.2) is 24.3 Å². The van der Waals surface area contributed by atoms with Crippen LogP contribution in [0.5, 0.6) is 0 Å². The molecule has 100 valence electrons. The van der Waals surface area contributed by atoms with E-state index in [0.29, 0.717) is 12.3 Å². The second-order valence-corrected chi connectivity index (χ2v) is 5.46. The van der Waals surface area contributed by atoms with E-state index < -0.39 is 11.7 Å². The molecule has 1 aromatic rings. The molecule has 1 aliphatic rings. The van der Waals surface area contributed by atoms with Crippen molar-refractivity contribution in [1.82, 2.24) is 0 Å². The minimum atomic E-state index is -4.28. The Morgan fingerprint density at radius 1 is 1.17 bits per heavy atom. The van der Waals surface area contributed by atoms with Crippen molar-refractivity contribution in [2.75, 3.05) is 6.61 Å². The van der Waals surface area contributed by atoms with Crippen molar-refractivity contribution >= 4 is 0 Å². The highest BCUT2D eigenvalue weighted by molar-refractivity contribution is 5.25. The highest BCUT2D eigenvalue weighted by Crippen LogP contribution is 2.47. The molecule has 1 nitrogen and oxygen atoms in total. The van der Waals surface area contributed by atoms with E-state index in [-0.39, 0.29) is 12.0 Å². The van der Waals surface area contributed by atoms with E-state index in [1.807, 2.05) is 6.92 Å². The van der Waals surface area contributed by atoms with Crippen molar-refractivity contribution in [3.05, 3.63) is 35.4 Å². The van der Waals surface area contributed by atoms with Crippen molar-refractivity contribution in [3.63, 3.8) is 0 Å². The van der Waals surface area contributed by atoms with Gasteiger partial charge in [0.2, 0.25) is 0 Å². The molecular weight excluding hydrogens is 241 g/mol. The van der Waals surface area contributed by atoms with Gasteiger partial charge in [0.15, 0.2) is 0 Å². The molecule has 1 N–H and O–H groups in total. The molecule has 1 atom stereocenters. The molecule has 0 aromatic heterocycles. The van der Waals surface area contributed by atoms with Crippen molar-refractivity contribution in [2.24, 2.45) is 11.3 Å². The molecule has 2 rings (SSSR count). The third-order valence-corrected chi connectivity index (χ3v) is 3.81. The molecule has 0 heterocycles. The van der Waals surface area contributed by atoms with Gasteiger partial charge in [-0.25, -0.2) is 0 Å². The molecule has 1 fully saturated rings. The second kappa shape index (κ2) is 4.57. The van der Waals surface area contributed by atoms with Gasteiger partial charge in [-0.2, -0.15) is 13.2 Å². The first kappa shape index (κ1) is 13.4. The van der Waals surface area contributed by atoms with Gasteiger partial charge in [0, 0.05) is 6.61 Å². The van der Waals surface area contributed by atoms with E-state index in [4.69, 9.17) is 0 Å². The first-order valence-electron chi connectivity index (χ1n) is 6.12. The largest absolute Gasteiger partial charge is 0.416 e. The van der Waals surface area contributed by atoms with Gasteiger partial charge in [0.1, 0.15) is 0 Å². The molecule has 1 saturated carbocycles. The predicted molar refractivity (Wildman–Crippen MR) is 63.1 cm³/mol. The number of halogens is 3. The van der Waals surface area contributed by atoms with Crippen LogP contribution in [0.4, 0.5) is 13.2 Å². The number of hydrogen-bond donors (Lipinski definition) is 1. The van der Waals surface area contributed by atoms with Crippen LogP contribution >= 0.6 is 0 Å². The Bertz CT molecular complexity index is 406. The standard InChI is InChI=1S/C14H17F3O/c1-13(9-18,11-6-7-11)8-10-2-4-12(5-3-10)14(15,16)17/h2-5,11,18H,6-9H2,1H3. The summed E-state index contributed by atoms with van der Waals surface area (Å²) >= 11 is 0. The van der Waals surface area contributed by atoms with Crippen LogP contribution in [-0.4, -0.2) is 11.7 Å². The Morgan fingerprint density at radius 3 is 2.11 bits per heavy atom. The lowest BCUT2D eigenvalue weighted by Gasteiger charge is -2.27. The Balaban J connectivity index is 2.10. The highest BCUT2D eigenvalue weighted by Gasteiger charge is 2.41. The molecule has 4 heteroatoms. The van der Waals surface area contributed by atoms with Crippen molar-refractivity contribution in [3.8, 4) is 0 Å². The summed E-state index contributed by atoms with van der Waals surface area (Å²) < 4.78 is 37.3. The summed E-state index contributed by atoms with van der Waals surface area (Å²) in [5.74, 6) is 0.504. The number of benzene rings is 1. The Labute approximate surface area is 105 Å². The van der Waals surface area contributed by atoms with E-state index in [1.54, 1.807) is 0 Å². The number of alkyl halides is 3. The zero-order valence-corrected chi connectivity index (χ0v) is 10.3. The van der Waals surface area contributed by atoms with Gasteiger partial charge in [-0.15, -0.1) is 0 Å². The zero-order valence-electron chi connectivity index (χ0n) is 10.3. The summed E-state index contributed by atoms with van der Waals surface area (Å²) in [6.07, 6.45) is -1.43. The summed E-state index contributed by atoms with van der Waals surface area (Å²) in [4.78, 5) is 0. The fraction of sp³-hybridized carbons (Fsp3) is 0.571. The second-order valence-electron chi connectivity index (χ2n) is 5.46. The van der Waals surface area contributed by atoms with Gasteiger partial charge in [-0.1, -0.05) is 19.1 Å². The van der Waals surface area contributed by atoms with Crippen LogP contribution in [-0.2, 0) is 12.6 Å². The maximum Gasteiger partial charge on any atom is 0.416 e. The minimum Gasteiger partial charge on any atom is -0.396 e. The number of aliphatic hydroxyl groups excluding tert-OH is 1. The SMILES string of the molecule is CC(CO)(Cc1ccc(C(F)(F)F)cc1)C1CC1. The molecule has 0 aliphatic heterocycles. The lowest BCUT2D eigenvalue weighted by atomic mass is 9.79. The lowest BCUT2D eigenvalue weighted by molar-refractivity contribution is -0.137. The number of aliphatic hydroxyl groups is 1. The fourth-order valence-electron chi connectivity index (χ4n) is 2.39.